The Balaban J connectivity index is 1.78. The van der Waals surface area contributed by atoms with E-state index in [0.29, 0.717) is 0 Å². The van der Waals surface area contributed by atoms with Gasteiger partial charge in [-0.15, -0.1) is 0 Å². The highest BCUT2D eigenvalue weighted by Gasteiger charge is 2.15. The topological polar surface area (TPSA) is 74.8 Å². The third kappa shape index (κ3) is 4.48. The van der Waals surface area contributed by atoms with Crippen molar-refractivity contribution >= 4 is 0 Å². The summed E-state index contributed by atoms with van der Waals surface area (Å²) in [5.41, 5.74) is -2.38. The molecule has 0 amide bonds. The van der Waals surface area contributed by atoms with Gasteiger partial charge in [0, 0.05) is 17.8 Å². The van der Waals surface area contributed by atoms with E-state index in [1.54, 1.807) is 0 Å². The number of hydrogen-bond acceptors (Lipinski definition) is 5. The summed E-state index contributed by atoms with van der Waals surface area (Å²) in [6.45, 7) is -0.481. The van der Waals surface area contributed by atoms with Gasteiger partial charge in [0.2, 0.25) is 5.56 Å². The Kier molecular flexibility index (Phi) is 5.62. The quantitative estimate of drug-likeness (QED) is 0.376. The van der Waals surface area contributed by atoms with Crippen LogP contribution in [0.3, 0.4) is 0 Å². The number of halogens is 4. The van der Waals surface area contributed by atoms with Crippen LogP contribution in [0.5, 0.6) is 11.5 Å². The first-order valence-electron chi connectivity index (χ1n) is 7.75. The Morgan fingerprint density at radius 2 is 1.57 bits per heavy atom. The van der Waals surface area contributed by atoms with Crippen LogP contribution < -0.4 is 15.1 Å². The van der Waals surface area contributed by atoms with Crippen LogP contribution in [0.2, 0.25) is 0 Å². The lowest BCUT2D eigenvalue weighted by molar-refractivity contribution is -0.397. The first kappa shape index (κ1) is 19.4. The summed E-state index contributed by atoms with van der Waals surface area (Å²) in [6, 6.07) is 7.85. The Hall–Kier alpha value is -3.37. The third-order valence-corrected chi connectivity index (χ3v) is 3.71. The van der Waals surface area contributed by atoms with Gasteiger partial charge in [-0.25, -0.2) is 13.2 Å². The minimum absolute atomic E-state index is 0.0426. The molecule has 146 valence electrons. The van der Waals surface area contributed by atoms with E-state index in [-0.39, 0.29) is 22.6 Å². The fourth-order valence-corrected chi connectivity index (χ4v) is 2.41. The molecule has 0 aliphatic heterocycles. The zero-order chi connectivity index (χ0) is 20.3. The molecule has 6 nitrogen and oxygen atoms in total. The number of H-pyrrole nitrogens is 1. The maximum atomic E-state index is 14.3. The van der Waals surface area contributed by atoms with Crippen molar-refractivity contribution in [1.29, 1.82) is 0 Å². The number of nitrogens with zero attached hydrogens (tertiary/aromatic N) is 1. The molecule has 28 heavy (non-hydrogen) atoms. The minimum Gasteiger partial charge on any atom is -0.489 e. The van der Waals surface area contributed by atoms with Crippen LogP contribution in [-0.2, 0) is 6.61 Å². The van der Waals surface area contributed by atoms with Gasteiger partial charge in [-0.2, -0.15) is 0 Å². The van der Waals surface area contributed by atoms with Crippen molar-refractivity contribution < 1.29 is 32.4 Å². The van der Waals surface area contributed by atoms with Crippen molar-refractivity contribution in [2.45, 2.75) is 6.61 Å². The number of aromatic nitrogens is 1. The minimum atomic E-state index is -0.983. The molecule has 2 N–H and O–H groups in total. The molecular formula is C18H12F4N2O4. The molecule has 2 aromatic carbocycles. The van der Waals surface area contributed by atoms with E-state index < -0.39 is 40.6 Å². The number of hydrogen-bond donors (Lipinski definition) is 2. The molecule has 0 aliphatic carbocycles. The van der Waals surface area contributed by atoms with E-state index in [1.165, 1.54) is 24.3 Å². The summed E-state index contributed by atoms with van der Waals surface area (Å²) in [7, 11) is 0. The highest BCUT2D eigenvalue weighted by Crippen LogP contribution is 2.27. The Labute approximate surface area is 155 Å². The zero-order valence-electron chi connectivity index (χ0n) is 14.0. The van der Waals surface area contributed by atoms with E-state index >= 15 is 0 Å². The normalized spacial score (nSPS) is 10.9. The van der Waals surface area contributed by atoms with Gasteiger partial charge < -0.3 is 14.6 Å². The summed E-state index contributed by atoms with van der Waals surface area (Å²) in [5, 5.41) is 8.31. The fraction of sp³-hybridized carbons (Fsp3) is 0.0556. The van der Waals surface area contributed by atoms with Crippen molar-refractivity contribution in [3.8, 4) is 22.6 Å². The molecule has 10 heteroatoms. The molecular weight excluding hydrogens is 384 g/mol. The van der Waals surface area contributed by atoms with Crippen LogP contribution in [0.1, 0.15) is 5.56 Å². The molecule has 0 spiro atoms. The molecule has 0 atom stereocenters. The summed E-state index contributed by atoms with van der Waals surface area (Å²) >= 11 is 0. The van der Waals surface area contributed by atoms with Crippen molar-refractivity contribution in [2.75, 3.05) is 0 Å². The van der Waals surface area contributed by atoms with Gasteiger partial charge in [-0.1, -0.05) is 4.48 Å². The summed E-state index contributed by atoms with van der Waals surface area (Å²) in [6.07, 6.45) is 0.802. The van der Waals surface area contributed by atoms with Crippen molar-refractivity contribution in [1.82, 2.24) is 10.4 Å². The van der Waals surface area contributed by atoms with E-state index in [4.69, 9.17) is 9.94 Å². The maximum Gasteiger partial charge on any atom is 0.248 e. The molecule has 1 heterocycles. The number of ether oxygens (including phenoxy) is 1. The predicted molar refractivity (Wildman–Crippen MR) is 88.5 cm³/mol. The molecule has 0 bridgehead atoms. The van der Waals surface area contributed by atoms with Gasteiger partial charge in [0.1, 0.15) is 29.8 Å². The Morgan fingerprint density at radius 3 is 2.18 bits per heavy atom. The van der Waals surface area contributed by atoms with Crippen LogP contribution in [0.25, 0.3) is 11.1 Å². The van der Waals surface area contributed by atoms with Crippen LogP contribution >= 0.6 is 0 Å². The smallest absolute Gasteiger partial charge is 0.248 e. The average Bonchev–Trinajstić information content (AvgIpc) is 2.63. The number of pyridine rings is 1. The molecule has 1 aromatic heterocycles. The lowest BCUT2D eigenvalue weighted by Gasteiger charge is -2.11. The van der Waals surface area contributed by atoms with Crippen molar-refractivity contribution in [3.05, 3.63) is 82.0 Å². The second kappa shape index (κ2) is 8.11. The van der Waals surface area contributed by atoms with Crippen LogP contribution in [0.15, 0.2) is 53.5 Å². The Bertz CT molecular complexity index is 1020. The zero-order valence-corrected chi connectivity index (χ0v) is 14.0. The van der Waals surface area contributed by atoms with E-state index in [2.05, 4.69) is 9.82 Å². The highest BCUT2D eigenvalue weighted by atomic mass is 19.2. The second-order valence-corrected chi connectivity index (χ2v) is 5.55. The van der Waals surface area contributed by atoms with Gasteiger partial charge in [0.25, 0.3) is 0 Å². The molecule has 0 fully saturated rings. The predicted octanol–water partition coefficient (Wildman–Crippen LogP) is 3.91. The van der Waals surface area contributed by atoms with Gasteiger partial charge in [0.15, 0.2) is 11.2 Å². The SMILES string of the molecule is O=c1cc(-c2cc(F)c(COc3ccc(ON(O)F)cc3)c(F)c2)c(F)c[nH]1. The maximum absolute atomic E-state index is 14.3. The average molecular weight is 396 g/mol. The Morgan fingerprint density at radius 1 is 0.964 bits per heavy atom. The molecule has 0 aliphatic rings. The summed E-state index contributed by atoms with van der Waals surface area (Å²) < 4.78 is 59.9. The monoisotopic (exact) mass is 396 g/mol. The highest BCUT2D eigenvalue weighted by molar-refractivity contribution is 5.64. The molecule has 3 rings (SSSR count). The summed E-state index contributed by atoms with van der Waals surface area (Å²) in [5.74, 6) is -2.65. The van der Waals surface area contributed by atoms with E-state index in [0.717, 1.165) is 24.4 Å². The van der Waals surface area contributed by atoms with Gasteiger partial charge in [-0.05, 0) is 42.0 Å². The van der Waals surface area contributed by atoms with Crippen LogP contribution in [0.4, 0.5) is 17.7 Å². The van der Waals surface area contributed by atoms with Crippen LogP contribution in [-0.4, -0.2) is 15.6 Å². The fourth-order valence-electron chi connectivity index (χ4n) is 2.41. The number of aromatic amines is 1. The molecule has 0 saturated heterocycles. The number of rotatable bonds is 6. The first-order valence-corrected chi connectivity index (χ1v) is 7.75. The van der Waals surface area contributed by atoms with E-state index in [9.17, 15) is 22.4 Å². The van der Waals surface area contributed by atoms with Crippen LogP contribution in [0, 0.1) is 17.5 Å². The van der Waals surface area contributed by atoms with Crippen molar-refractivity contribution in [2.24, 2.45) is 0 Å². The largest absolute Gasteiger partial charge is 0.489 e. The third-order valence-electron chi connectivity index (χ3n) is 3.71. The molecule has 0 radical (unpaired) electrons. The van der Waals surface area contributed by atoms with Gasteiger partial charge in [0.05, 0.1) is 5.56 Å². The lowest BCUT2D eigenvalue weighted by Crippen LogP contribution is -2.11. The number of nitrogens with one attached hydrogen (secondary N) is 1. The van der Waals surface area contributed by atoms with Crippen molar-refractivity contribution in [3.63, 3.8) is 0 Å². The molecule has 3 aromatic rings. The van der Waals surface area contributed by atoms with E-state index in [1.807, 2.05) is 0 Å². The van der Waals surface area contributed by atoms with Gasteiger partial charge >= 0.3 is 0 Å². The molecule has 0 unspecified atom stereocenters. The van der Waals surface area contributed by atoms with Gasteiger partial charge in [-0.3, -0.25) is 10.0 Å². The second-order valence-electron chi connectivity index (χ2n) is 5.55. The molecule has 0 saturated carbocycles. The number of benzene rings is 2. The first-order chi connectivity index (χ1) is 13.3. The standard InChI is InChI=1S/C18H12F4N2O4/c19-15-5-10(13-7-18(25)23-8-17(13)21)6-16(20)14(15)9-27-11-1-3-12(4-2-11)28-24(22)26/h1-8,26H,9H2,(H,23,25). The lowest BCUT2D eigenvalue weighted by atomic mass is 10.0. The summed E-state index contributed by atoms with van der Waals surface area (Å²) in [4.78, 5) is 17.7.